The number of hydrogen-bond acceptors (Lipinski definition) is 6. The molecule has 3 saturated heterocycles. The van der Waals surface area contributed by atoms with Crippen molar-refractivity contribution < 1.29 is 29.0 Å². The van der Waals surface area contributed by atoms with Crippen LogP contribution in [-0.2, 0) is 23.9 Å². The molecule has 0 radical (unpaired) electrons. The highest BCUT2D eigenvalue weighted by atomic mass is 16.6. The third kappa shape index (κ3) is 4.80. The van der Waals surface area contributed by atoms with Gasteiger partial charge in [-0.25, -0.2) is 0 Å². The number of aliphatic hydroxyl groups is 1. The summed E-state index contributed by atoms with van der Waals surface area (Å²) in [6.07, 6.45) is 6.93. The number of rotatable bonds is 13. The molecule has 0 aromatic heterocycles. The van der Waals surface area contributed by atoms with Gasteiger partial charge in [0.25, 0.3) is 5.91 Å². The molecule has 2 bridgehead atoms. The second kappa shape index (κ2) is 11.8. The summed E-state index contributed by atoms with van der Waals surface area (Å²) in [7, 11) is 0. The van der Waals surface area contributed by atoms with Gasteiger partial charge in [0.2, 0.25) is 5.91 Å². The number of nitrogens with zero attached hydrogens (tertiary/aromatic N) is 2. The van der Waals surface area contributed by atoms with Crippen molar-refractivity contribution in [3.63, 3.8) is 0 Å². The number of amides is 2. The number of ether oxygens (including phenoxy) is 2. The molecule has 1 aromatic carbocycles. The second-order valence-electron chi connectivity index (χ2n) is 10.6. The van der Waals surface area contributed by atoms with Crippen molar-refractivity contribution in [2.24, 2.45) is 11.8 Å². The van der Waals surface area contributed by atoms with Crippen molar-refractivity contribution in [1.29, 1.82) is 0 Å². The van der Waals surface area contributed by atoms with E-state index < -0.39 is 35.6 Å². The molecule has 1 aromatic rings. The lowest BCUT2D eigenvalue weighted by Crippen LogP contribution is -2.56. The third-order valence-corrected chi connectivity index (χ3v) is 8.24. The number of hydrogen-bond donors (Lipinski definition) is 1. The maximum atomic E-state index is 14.5. The molecule has 1 N–H and O–H groups in total. The highest BCUT2D eigenvalue weighted by Crippen LogP contribution is 2.59. The quantitative estimate of drug-likeness (QED) is 0.241. The molecule has 2 amide bonds. The van der Waals surface area contributed by atoms with Gasteiger partial charge in [-0.3, -0.25) is 14.4 Å². The molecule has 3 heterocycles. The lowest BCUT2D eigenvalue weighted by molar-refractivity contribution is -0.154. The Labute approximate surface area is 225 Å². The fraction of sp³-hybridized carbons (Fsp3) is 0.567. The standard InChI is InChI=1S/C30H40N2O6/c1-5-16-31(25-20(3)12-11-13-21(25)4)28(35)26-30-15-14-22(38-30)23(29(36)37-19-6-2)24(30)27(34)32(26)17-9-7-8-10-18-33/h5-6,11-13,22-24,26,33H,1-2,7-10,14-19H2,3-4H3/t22-,23+,24-,26?,30?/m0/s1. The van der Waals surface area contributed by atoms with Gasteiger partial charge in [0.15, 0.2) is 0 Å². The summed E-state index contributed by atoms with van der Waals surface area (Å²) in [4.78, 5) is 45.0. The fourth-order valence-electron chi connectivity index (χ4n) is 6.73. The number of esters is 1. The van der Waals surface area contributed by atoms with Crippen LogP contribution < -0.4 is 4.90 Å². The molecule has 1 spiro atoms. The average Bonchev–Trinajstić information content (AvgIpc) is 3.53. The molecule has 206 valence electrons. The Kier molecular flexibility index (Phi) is 8.73. The Bertz CT molecular complexity index is 1070. The van der Waals surface area contributed by atoms with Crippen molar-refractivity contribution in [1.82, 2.24) is 4.90 Å². The molecule has 3 aliphatic rings. The molecule has 8 heteroatoms. The monoisotopic (exact) mass is 524 g/mol. The van der Waals surface area contributed by atoms with Gasteiger partial charge in [-0.1, -0.05) is 49.8 Å². The van der Waals surface area contributed by atoms with E-state index in [2.05, 4.69) is 13.2 Å². The van der Waals surface area contributed by atoms with Crippen LogP contribution in [0.3, 0.4) is 0 Å². The van der Waals surface area contributed by atoms with E-state index >= 15 is 0 Å². The fourth-order valence-corrected chi connectivity index (χ4v) is 6.73. The first-order valence-corrected chi connectivity index (χ1v) is 13.7. The molecular weight excluding hydrogens is 484 g/mol. The van der Waals surface area contributed by atoms with Crippen LogP contribution in [0.1, 0.15) is 49.7 Å². The summed E-state index contributed by atoms with van der Waals surface area (Å²) in [6.45, 7) is 12.3. The Balaban J connectivity index is 1.73. The van der Waals surface area contributed by atoms with Gasteiger partial charge in [-0.2, -0.15) is 0 Å². The summed E-state index contributed by atoms with van der Waals surface area (Å²) in [6, 6.07) is 5.04. The molecule has 0 aliphatic carbocycles. The first kappa shape index (κ1) is 28.0. The van der Waals surface area contributed by atoms with E-state index in [4.69, 9.17) is 14.6 Å². The molecule has 5 atom stereocenters. The Hall–Kier alpha value is -2.97. The largest absolute Gasteiger partial charge is 0.461 e. The van der Waals surface area contributed by atoms with Crippen molar-refractivity contribution in [3.8, 4) is 0 Å². The SMILES string of the molecule is C=CCOC(=O)[C@@H]1[C@@H]2CCC3(O2)C(C(=O)N(CC=C)c2c(C)cccc2C)N(CCCCCCO)C(=O)[C@H]13. The first-order chi connectivity index (χ1) is 18.3. The predicted octanol–water partition coefficient (Wildman–Crippen LogP) is 3.48. The minimum Gasteiger partial charge on any atom is -0.461 e. The molecule has 0 saturated carbocycles. The highest BCUT2D eigenvalue weighted by Gasteiger charge is 2.75. The maximum absolute atomic E-state index is 14.5. The molecule has 3 fully saturated rings. The minimum atomic E-state index is -1.07. The van der Waals surface area contributed by atoms with E-state index in [0.29, 0.717) is 32.2 Å². The summed E-state index contributed by atoms with van der Waals surface area (Å²) in [5.41, 5.74) is 1.65. The number of carbonyl (C=O) groups excluding carboxylic acids is 3. The number of para-hydroxylation sites is 1. The van der Waals surface area contributed by atoms with Crippen LogP contribution in [0.5, 0.6) is 0 Å². The molecule has 38 heavy (non-hydrogen) atoms. The number of unbranched alkanes of at least 4 members (excludes halogenated alkanes) is 3. The molecule has 2 unspecified atom stereocenters. The number of fused-ring (bicyclic) bond motifs is 1. The normalized spacial score (nSPS) is 27.3. The number of aryl methyl sites for hydroxylation is 2. The van der Waals surface area contributed by atoms with E-state index in [9.17, 15) is 14.4 Å². The minimum absolute atomic E-state index is 0.0621. The van der Waals surface area contributed by atoms with E-state index in [-0.39, 0.29) is 31.6 Å². The van der Waals surface area contributed by atoms with Crippen LogP contribution in [-0.4, -0.2) is 71.8 Å². The Morgan fingerprint density at radius 2 is 1.89 bits per heavy atom. The van der Waals surface area contributed by atoms with Crippen LogP contribution in [0.4, 0.5) is 5.69 Å². The number of aliphatic hydroxyl groups excluding tert-OH is 1. The van der Waals surface area contributed by atoms with E-state index in [1.54, 1.807) is 15.9 Å². The van der Waals surface area contributed by atoms with Gasteiger partial charge in [-0.15, -0.1) is 6.58 Å². The van der Waals surface area contributed by atoms with Crippen molar-refractivity contribution in [3.05, 3.63) is 54.6 Å². The lowest BCUT2D eigenvalue weighted by atomic mass is 9.70. The Morgan fingerprint density at radius 3 is 2.55 bits per heavy atom. The van der Waals surface area contributed by atoms with Crippen LogP contribution in [0.2, 0.25) is 0 Å². The zero-order valence-corrected chi connectivity index (χ0v) is 22.6. The predicted molar refractivity (Wildman–Crippen MR) is 144 cm³/mol. The average molecular weight is 525 g/mol. The van der Waals surface area contributed by atoms with Crippen LogP contribution in [0, 0.1) is 25.7 Å². The summed E-state index contributed by atoms with van der Waals surface area (Å²) in [5.74, 6) is -2.39. The van der Waals surface area contributed by atoms with Crippen LogP contribution >= 0.6 is 0 Å². The van der Waals surface area contributed by atoms with Gasteiger partial charge in [0.05, 0.1) is 17.9 Å². The van der Waals surface area contributed by atoms with Gasteiger partial charge >= 0.3 is 5.97 Å². The van der Waals surface area contributed by atoms with E-state index in [1.807, 2.05) is 32.0 Å². The Morgan fingerprint density at radius 1 is 1.18 bits per heavy atom. The van der Waals surface area contributed by atoms with Gasteiger partial charge < -0.3 is 24.4 Å². The summed E-state index contributed by atoms with van der Waals surface area (Å²) < 4.78 is 11.9. The first-order valence-electron chi connectivity index (χ1n) is 13.7. The lowest BCUT2D eigenvalue weighted by Gasteiger charge is -2.37. The van der Waals surface area contributed by atoms with Crippen molar-refractivity contribution >= 4 is 23.5 Å². The third-order valence-electron chi connectivity index (χ3n) is 8.24. The maximum Gasteiger partial charge on any atom is 0.312 e. The van der Waals surface area contributed by atoms with E-state index in [1.165, 1.54) is 6.08 Å². The summed E-state index contributed by atoms with van der Waals surface area (Å²) in [5, 5.41) is 9.13. The number of anilines is 1. The zero-order chi connectivity index (χ0) is 27.4. The van der Waals surface area contributed by atoms with Crippen molar-refractivity contribution in [2.75, 3.05) is 31.2 Å². The summed E-state index contributed by atoms with van der Waals surface area (Å²) >= 11 is 0. The van der Waals surface area contributed by atoms with Crippen LogP contribution in [0.15, 0.2) is 43.5 Å². The number of benzene rings is 1. The second-order valence-corrected chi connectivity index (χ2v) is 10.6. The molecule has 3 aliphatic heterocycles. The highest BCUT2D eigenvalue weighted by molar-refractivity contribution is 6.05. The van der Waals surface area contributed by atoms with Gasteiger partial charge in [0, 0.05) is 25.4 Å². The molecular formula is C30H40N2O6. The number of likely N-dealkylation sites (tertiary alicyclic amines) is 1. The van der Waals surface area contributed by atoms with Gasteiger partial charge in [0.1, 0.15) is 18.2 Å². The number of carbonyl (C=O) groups is 3. The van der Waals surface area contributed by atoms with Gasteiger partial charge in [-0.05, 0) is 50.7 Å². The van der Waals surface area contributed by atoms with E-state index in [0.717, 1.165) is 29.7 Å². The molecule has 4 rings (SSSR count). The topological polar surface area (TPSA) is 96.4 Å². The van der Waals surface area contributed by atoms with Crippen LogP contribution in [0.25, 0.3) is 0 Å². The van der Waals surface area contributed by atoms with Crippen molar-refractivity contribution in [2.45, 2.75) is 70.1 Å². The molecule has 8 nitrogen and oxygen atoms in total. The smallest absolute Gasteiger partial charge is 0.312 e. The zero-order valence-electron chi connectivity index (χ0n) is 22.6.